The largest absolute Gasteiger partial charge is 0.399 e. The van der Waals surface area contributed by atoms with Crippen LogP contribution in [0.25, 0.3) is 0 Å². The molecule has 2 rings (SSSR count). The van der Waals surface area contributed by atoms with Gasteiger partial charge in [-0.25, -0.2) is 0 Å². The van der Waals surface area contributed by atoms with Crippen molar-refractivity contribution in [1.82, 2.24) is 4.83 Å². The van der Waals surface area contributed by atoms with Gasteiger partial charge in [0.1, 0.15) is 0 Å². The first-order valence-electron chi connectivity index (χ1n) is 6.88. The van der Waals surface area contributed by atoms with E-state index in [2.05, 4.69) is 9.93 Å². The predicted octanol–water partition coefficient (Wildman–Crippen LogP) is 2.19. The van der Waals surface area contributed by atoms with Gasteiger partial charge in [-0.1, -0.05) is 18.2 Å². The van der Waals surface area contributed by atoms with Crippen molar-refractivity contribution in [3.63, 3.8) is 0 Å². The number of aryl methyl sites for hydroxylation is 1. The molecule has 0 saturated heterocycles. The Balaban J connectivity index is 2.28. The summed E-state index contributed by atoms with van der Waals surface area (Å²) in [6.45, 7) is 3.16. The number of anilines is 1. The van der Waals surface area contributed by atoms with Gasteiger partial charge in [0.05, 0.1) is 15.5 Å². The fourth-order valence-corrected chi connectivity index (χ4v) is 2.80. The lowest BCUT2D eigenvalue weighted by Gasteiger charge is -2.06. The lowest BCUT2D eigenvalue weighted by atomic mass is 10.1. The Morgan fingerprint density at radius 1 is 1.21 bits per heavy atom. The topological polar surface area (TPSA) is 128 Å². The number of nitrogens with one attached hydrogen (secondary N) is 1. The van der Waals surface area contributed by atoms with Gasteiger partial charge in [-0.05, 0) is 37.6 Å². The summed E-state index contributed by atoms with van der Waals surface area (Å²) in [4.78, 5) is 12.2. The number of nitro benzene ring substituents is 1. The molecule has 0 aliphatic carbocycles. The molecule has 2 aromatic rings. The summed E-state index contributed by atoms with van der Waals surface area (Å²) in [7, 11) is -4.01. The first-order chi connectivity index (χ1) is 11.2. The standard InChI is InChI=1S/C15H16N4O4S/c1-10-3-8-14(9-15(10)19(20)21)24(22,23)18-17-11(2)12-4-6-13(16)7-5-12/h3-9,18H,16H2,1-2H3. The molecule has 0 saturated carbocycles. The number of nitrogen functional groups attached to an aromatic ring is 1. The Morgan fingerprint density at radius 3 is 2.42 bits per heavy atom. The van der Waals surface area contributed by atoms with E-state index in [1.165, 1.54) is 19.1 Å². The minimum Gasteiger partial charge on any atom is -0.399 e. The number of hydrogen-bond acceptors (Lipinski definition) is 6. The van der Waals surface area contributed by atoms with Gasteiger partial charge in [-0.3, -0.25) is 10.1 Å². The van der Waals surface area contributed by atoms with E-state index in [0.717, 1.165) is 6.07 Å². The maximum Gasteiger partial charge on any atom is 0.276 e. The van der Waals surface area contributed by atoms with Crippen molar-refractivity contribution in [3.05, 3.63) is 63.7 Å². The van der Waals surface area contributed by atoms with Crippen molar-refractivity contribution >= 4 is 27.1 Å². The van der Waals surface area contributed by atoms with Crippen LogP contribution in [0.15, 0.2) is 52.5 Å². The van der Waals surface area contributed by atoms with Gasteiger partial charge >= 0.3 is 0 Å². The molecular formula is C15H16N4O4S. The molecule has 0 aliphatic rings. The zero-order chi connectivity index (χ0) is 17.9. The van der Waals surface area contributed by atoms with Crippen LogP contribution in [0.2, 0.25) is 0 Å². The molecule has 126 valence electrons. The van der Waals surface area contributed by atoms with E-state index < -0.39 is 14.9 Å². The number of hydrogen-bond donors (Lipinski definition) is 2. The minimum atomic E-state index is -4.01. The molecule has 9 heteroatoms. The van der Waals surface area contributed by atoms with Crippen LogP contribution < -0.4 is 10.6 Å². The summed E-state index contributed by atoms with van der Waals surface area (Å²) in [6.07, 6.45) is 0. The van der Waals surface area contributed by atoms with Gasteiger partial charge < -0.3 is 5.73 Å². The van der Waals surface area contributed by atoms with Crippen LogP contribution in [0.4, 0.5) is 11.4 Å². The maximum atomic E-state index is 12.2. The van der Waals surface area contributed by atoms with Gasteiger partial charge in [-0.15, -0.1) is 0 Å². The van der Waals surface area contributed by atoms with Crippen molar-refractivity contribution in [2.75, 3.05) is 5.73 Å². The van der Waals surface area contributed by atoms with E-state index in [0.29, 0.717) is 22.5 Å². The van der Waals surface area contributed by atoms with Crippen molar-refractivity contribution in [2.45, 2.75) is 18.7 Å². The first-order valence-corrected chi connectivity index (χ1v) is 8.36. The van der Waals surface area contributed by atoms with Crippen LogP contribution in [-0.4, -0.2) is 19.1 Å². The highest BCUT2D eigenvalue weighted by molar-refractivity contribution is 7.89. The summed E-state index contributed by atoms with van der Waals surface area (Å²) in [5.41, 5.74) is 7.41. The molecule has 3 N–H and O–H groups in total. The number of hydrazone groups is 1. The molecule has 0 unspecified atom stereocenters. The molecule has 8 nitrogen and oxygen atoms in total. The second-order valence-corrected chi connectivity index (χ2v) is 6.78. The molecule has 0 radical (unpaired) electrons. The molecule has 0 fully saturated rings. The lowest BCUT2D eigenvalue weighted by molar-refractivity contribution is -0.385. The second kappa shape index (κ2) is 6.67. The van der Waals surface area contributed by atoms with Crippen LogP contribution in [0.1, 0.15) is 18.1 Å². The third-order valence-electron chi connectivity index (χ3n) is 3.35. The van der Waals surface area contributed by atoms with Crippen molar-refractivity contribution in [1.29, 1.82) is 0 Å². The maximum absolute atomic E-state index is 12.2. The number of nitrogens with two attached hydrogens (primary N) is 1. The highest BCUT2D eigenvalue weighted by Gasteiger charge is 2.19. The summed E-state index contributed by atoms with van der Waals surface area (Å²) < 4.78 is 24.5. The van der Waals surface area contributed by atoms with Crippen LogP contribution in [0, 0.1) is 17.0 Å². The fraction of sp³-hybridized carbons (Fsp3) is 0.133. The third kappa shape index (κ3) is 3.87. The van der Waals surface area contributed by atoms with Crippen molar-refractivity contribution < 1.29 is 13.3 Å². The molecule has 0 atom stereocenters. The molecule has 2 aromatic carbocycles. The first kappa shape index (κ1) is 17.4. The zero-order valence-electron chi connectivity index (χ0n) is 13.1. The molecule has 24 heavy (non-hydrogen) atoms. The number of nitrogens with zero attached hydrogens (tertiary/aromatic N) is 2. The highest BCUT2D eigenvalue weighted by Crippen LogP contribution is 2.22. The van der Waals surface area contributed by atoms with E-state index in [1.807, 2.05) is 0 Å². The molecule has 0 amide bonds. The van der Waals surface area contributed by atoms with Gasteiger partial charge in [0.15, 0.2) is 0 Å². The lowest BCUT2D eigenvalue weighted by Crippen LogP contribution is -2.20. The van der Waals surface area contributed by atoms with E-state index in [4.69, 9.17) is 5.73 Å². The molecule has 0 heterocycles. The molecular weight excluding hydrogens is 332 g/mol. The average molecular weight is 348 g/mol. The number of benzene rings is 2. The molecule has 0 bridgehead atoms. The van der Waals surface area contributed by atoms with E-state index in [1.54, 1.807) is 31.2 Å². The summed E-state index contributed by atoms with van der Waals surface area (Å²) >= 11 is 0. The van der Waals surface area contributed by atoms with Gasteiger partial charge in [0.25, 0.3) is 15.7 Å². The quantitative estimate of drug-likeness (QED) is 0.370. The smallest absolute Gasteiger partial charge is 0.276 e. The third-order valence-corrected chi connectivity index (χ3v) is 4.56. The van der Waals surface area contributed by atoms with Gasteiger partial charge in [0.2, 0.25) is 0 Å². The normalized spacial score (nSPS) is 12.0. The Labute approximate surface area is 139 Å². The summed E-state index contributed by atoms with van der Waals surface area (Å²) in [5, 5.41) is 14.8. The number of nitro groups is 1. The molecule has 0 spiro atoms. The molecule has 0 aliphatic heterocycles. The van der Waals surface area contributed by atoms with Crippen LogP contribution >= 0.6 is 0 Å². The van der Waals surface area contributed by atoms with Crippen LogP contribution in [0.3, 0.4) is 0 Å². The number of rotatable bonds is 5. The number of sulfonamides is 1. The minimum absolute atomic E-state index is 0.228. The molecule has 0 aromatic heterocycles. The van der Waals surface area contributed by atoms with E-state index in [9.17, 15) is 18.5 Å². The fourth-order valence-electron chi connectivity index (χ4n) is 1.92. The van der Waals surface area contributed by atoms with Crippen LogP contribution in [-0.2, 0) is 10.0 Å². The Bertz CT molecular complexity index is 906. The summed E-state index contributed by atoms with van der Waals surface area (Å²) in [5.74, 6) is 0. The zero-order valence-corrected chi connectivity index (χ0v) is 13.9. The SMILES string of the molecule is CC(=NNS(=O)(=O)c1ccc(C)c([N+](=O)[O-])c1)c1ccc(N)cc1. The van der Waals surface area contributed by atoms with E-state index in [-0.39, 0.29) is 10.6 Å². The second-order valence-electron chi connectivity index (χ2n) is 5.12. The Kier molecular flexibility index (Phi) is 4.84. The Morgan fingerprint density at radius 2 is 1.83 bits per heavy atom. The van der Waals surface area contributed by atoms with Crippen molar-refractivity contribution in [2.24, 2.45) is 5.10 Å². The summed E-state index contributed by atoms with van der Waals surface area (Å²) in [6, 6.07) is 10.4. The van der Waals surface area contributed by atoms with Gasteiger partial charge in [-0.2, -0.15) is 18.4 Å². The predicted molar refractivity (Wildman–Crippen MR) is 91.2 cm³/mol. The average Bonchev–Trinajstić information content (AvgIpc) is 2.53. The Hall–Kier alpha value is -2.94. The van der Waals surface area contributed by atoms with Gasteiger partial charge in [0, 0.05) is 17.3 Å². The van der Waals surface area contributed by atoms with Crippen molar-refractivity contribution in [3.8, 4) is 0 Å². The monoisotopic (exact) mass is 348 g/mol. The van der Waals surface area contributed by atoms with Crippen LogP contribution in [0.5, 0.6) is 0 Å². The van der Waals surface area contributed by atoms with E-state index >= 15 is 0 Å². The highest BCUT2D eigenvalue weighted by atomic mass is 32.2.